The van der Waals surface area contributed by atoms with E-state index in [1.165, 1.54) is 0 Å². The molecule has 0 unspecified atom stereocenters. The van der Waals surface area contributed by atoms with Crippen LogP contribution in [0.4, 0.5) is 68.2 Å². The van der Waals surface area contributed by atoms with E-state index in [0.29, 0.717) is 18.2 Å². The summed E-state index contributed by atoms with van der Waals surface area (Å²) in [6.07, 6.45) is 4.97. The number of nitro groups is 9. The Kier molecular flexibility index (Phi) is 11.7. The molecular formula is C30H18N12O18. The van der Waals surface area contributed by atoms with Gasteiger partial charge in [-0.25, -0.2) is 0 Å². The van der Waals surface area contributed by atoms with Crippen molar-refractivity contribution < 1.29 is 44.3 Å². The Balaban J connectivity index is 2.08. The van der Waals surface area contributed by atoms with Crippen molar-refractivity contribution in [3.05, 3.63) is 161 Å². The van der Waals surface area contributed by atoms with Gasteiger partial charge in [-0.05, 0) is 53.1 Å². The molecule has 0 aliphatic heterocycles. The second-order valence-corrected chi connectivity index (χ2v) is 11.5. The first-order valence-corrected chi connectivity index (χ1v) is 15.4. The first kappa shape index (κ1) is 42.8. The molecule has 0 atom stereocenters. The molecule has 60 heavy (non-hydrogen) atoms. The van der Waals surface area contributed by atoms with Gasteiger partial charge in [-0.15, -0.1) is 0 Å². The minimum atomic E-state index is -1.27. The van der Waals surface area contributed by atoms with Crippen molar-refractivity contribution in [3.8, 4) is 0 Å². The molecule has 0 aliphatic carbocycles. The highest BCUT2D eigenvalue weighted by Gasteiger charge is 2.37. The van der Waals surface area contributed by atoms with Crippen LogP contribution in [-0.4, -0.2) is 44.3 Å². The van der Waals surface area contributed by atoms with Gasteiger partial charge in [-0.3, -0.25) is 91.0 Å². The van der Waals surface area contributed by atoms with E-state index in [2.05, 4.69) is 0 Å². The lowest BCUT2D eigenvalue weighted by atomic mass is 9.99. The van der Waals surface area contributed by atoms with E-state index < -0.39 is 129 Å². The highest BCUT2D eigenvalue weighted by Crippen LogP contribution is 2.44. The molecule has 0 saturated carbocycles. The molecule has 306 valence electrons. The largest absolute Gasteiger partial charge is 0.387 e. The zero-order valence-electron chi connectivity index (χ0n) is 29.0. The Morgan fingerprint density at radius 1 is 0.300 bits per heavy atom. The van der Waals surface area contributed by atoms with Gasteiger partial charge < -0.3 is 17.2 Å². The molecule has 0 amide bonds. The summed E-state index contributed by atoms with van der Waals surface area (Å²) in [6.45, 7) is 0. The Morgan fingerprint density at radius 3 is 0.667 bits per heavy atom. The van der Waals surface area contributed by atoms with Gasteiger partial charge in [0, 0.05) is 0 Å². The summed E-state index contributed by atoms with van der Waals surface area (Å²) in [7, 11) is 0. The van der Waals surface area contributed by atoms with Crippen molar-refractivity contribution in [2.75, 3.05) is 17.2 Å². The van der Waals surface area contributed by atoms with Crippen molar-refractivity contribution in [2.45, 2.75) is 0 Å². The summed E-state index contributed by atoms with van der Waals surface area (Å²) < 4.78 is 0. The van der Waals surface area contributed by atoms with E-state index in [0.717, 1.165) is 54.7 Å². The topological polar surface area (TPSA) is 466 Å². The van der Waals surface area contributed by atoms with E-state index in [1.807, 2.05) is 0 Å². The molecular weight excluding hydrogens is 816 g/mol. The van der Waals surface area contributed by atoms with Crippen LogP contribution in [0.5, 0.6) is 0 Å². The van der Waals surface area contributed by atoms with E-state index in [-0.39, 0.29) is 16.7 Å². The van der Waals surface area contributed by atoms with E-state index in [4.69, 9.17) is 17.2 Å². The first-order valence-electron chi connectivity index (χ1n) is 15.4. The van der Waals surface area contributed by atoms with Crippen molar-refractivity contribution in [3.63, 3.8) is 0 Å². The molecule has 0 spiro atoms. The predicted octanol–water partition coefficient (Wildman–Crippen LogP) is 6.12. The first-order chi connectivity index (χ1) is 28.0. The number of nitrogen functional groups attached to an aromatic ring is 3. The number of hydrogen-bond donors (Lipinski definition) is 3. The van der Waals surface area contributed by atoms with Crippen LogP contribution in [0.3, 0.4) is 0 Å². The van der Waals surface area contributed by atoms with Crippen LogP contribution in [-0.2, 0) is 0 Å². The fraction of sp³-hybridized carbons (Fsp3) is 0. The van der Waals surface area contributed by atoms with Crippen molar-refractivity contribution in [2.24, 2.45) is 0 Å². The lowest BCUT2D eigenvalue weighted by Crippen LogP contribution is -2.05. The predicted molar refractivity (Wildman–Crippen MR) is 206 cm³/mol. The minimum Gasteiger partial charge on any atom is -0.387 e. The average Bonchev–Trinajstić information content (AvgIpc) is 3.13. The van der Waals surface area contributed by atoms with Crippen molar-refractivity contribution in [1.29, 1.82) is 0 Å². The summed E-state index contributed by atoms with van der Waals surface area (Å²) in [4.78, 5) is 95.0. The molecule has 30 nitrogen and oxygen atoms in total. The van der Waals surface area contributed by atoms with Gasteiger partial charge in [-0.2, -0.15) is 0 Å². The molecule has 0 radical (unpaired) electrons. The quantitative estimate of drug-likeness (QED) is 0.0525. The maximum atomic E-state index is 12.0. The summed E-state index contributed by atoms with van der Waals surface area (Å²) in [5.74, 6) is 0. The Bertz CT molecular complexity index is 2460. The lowest BCUT2D eigenvalue weighted by molar-refractivity contribution is -0.402. The minimum absolute atomic E-state index is 0.156. The van der Waals surface area contributed by atoms with E-state index >= 15 is 0 Å². The lowest BCUT2D eigenvalue weighted by Gasteiger charge is -2.07. The molecule has 30 heteroatoms. The highest BCUT2D eigenvalue weighted by atomic mass is 16.7. The number of nitrogens with two attached hydrogens (primary N) is 3. The molecule has 0 heterocycles. The number of nitrogens with zero attached hydrogens (tertiary/aromatic N) is 9. The zero-order chi connectivity index (χ0) is 45.1. The summed E-state index contributed by atoms with van der Waals surface area (Å²) >= 11 is 0. The molecule has 0 saturated heterocycles. The molecule has 0 aromatic heterocycles. The third-order valence-electron chi connectivity index (χ3n) is 8.06. The summed E-state index contributed by atoms with van der Waals surface area (Å²) in [6, 6.07) is 4.41. The van der Waals surface area contributed by atoms with Crippen LogP contribution in [0, 0.1) is 91.0 Å². The molecule has 0 bridgehead atoms. The Hall–Kier alpha value is -9.90. The van der Waals surface area contributed by atoms with Crippen molar-refractivity contribution >= 4 is 105 Å². The Labute approximate surface area is 327 Å². The third-order valence-corrected chi connectivity index (χ3v) is 8.06. The van der Waals surface area contributed by atoms with Gasteiger partial charge in [0.25, 0.3) is 17.1 Å². The molecule has 6 N–H and O–H groups in total. The number of anilines is 3. The van der Waals surface area contributed by atoms with Crippen LogP contribution in [0.2, 0.25) is 0 Å². The van der Waals surface area contributed by atoms with Crippen LogP contribution in [0.25, 0.3) is 36.5 Å². The van der Waals surface area contributed by atoms with Crippen LogP contribution in [0.1, 0.15) is 33.4 Å². The number of benzene rings is 4. The fourth-order valence-corrected chi connectivity index (χ4v) is 5.54. The second kappa shape index (κ2) is 16.5. The van der Waals surface area contributed by atoms with Gasteiger partial charge >= 0.3 is 34.1 Å². The average molecular weight is 835 g/mol. The monoisotopic (exact) mass is 834 g/mol. The normalized spacial score (nSPS) is 11.2. The molecule has 0 aliphatic rings. The summed E-state index contributed by atoms with van der Waals surface area (Å²) in [5, 5.41) is 106. The van der Waals surface area contributed by atoms with Gasteiger partial charge in [-0.1, -0.05) is 18.2 Å². The standard InChI is InChI=1S/C30H18N12O18/c31-25-22(37(49)50)10-19(34(43)44)16(28(25)40(55)56)4-1-13-7-14(2-5-17-20(35(45)46)11-23(38(51)52)26(32)29(17)41(57)58)9-15(8-13)3-6-18-21(36(47)48)12-24(39(53)54)27(33)30(18)42(59)60/h1-12H,31-33H2. The maximum Gasteiger partial charge on any atom is 0.313 e. The van der Waals surface area contributed by atoms with Crippen LogP contribution in [0.15, 0.2) is 36.4 Å². The van der Waals surface area contributed by atoms with Gasteiger partial charge in [0.1, 0.15) is 16.7 Å². The molecule has 4 rings (SSSR count). The molecule has 0 fully saturated rings. The van der Waals surface area contributed by atoms with Crippen LogP contribution < -0.4 is 17.2 Å². The SMILES string of the molecule is Nc1c([N+](=O)[O-])cc([N+](=O)[O-])c(C=Cc2cc(C=Cc3c([N+](=O)[O-])cc([N+](=O)[O-])c(N)c3[N+](=O)[O-])cc(C=Cc3c([N+](=O)[O-])cc([N+](=O)[O-])c(N)c3[N+](=O)[O-])c2)c1[N+](=O)[O-]. The number of rotatable bonds is 15. The Morgan fingerprint density at radius 2 is 0.500 bits per heavy atom. The number of hydrogen-bond acceptors (Lipinski definition) is 21. The van der Waals surface area contributed by atoms with Gasteiger partial charge in [0.05, 0.1) is 62.5 Å². The van der Waals surface area contributed by atoms with Gasteiger partial charge in [0.15, 0.2) is 17.1 Å². The molecule has 4 aromatic carbocycles. The number of nitro benzene ring substituents is 9. The molecule has 4 aromatic rings. The smallest absolute Gasteiger partial charge is 0.313 e. The van der Waals surface area contributed by atoms with Crippen molar-refractivity contribution in [1.82, 2.24) is 0 Å². The summed E-state index contributed by atoms with van der Waals surface area (Å²) in [5.41, 5.74) is -0.288. The van der Waals surface area contributed by atoms with Crippen LogP contribution >= 0.6 is 0 Å². The highest BCUT2D eigenvalue weighted by molar-refractivity contribution is 5.92. The van der Waals surface area contributed by atoms with E-state index in [1.54, 1.807) is 0 Å². The maximum absolute atomic E-state index is 12.0. The van der Waals surface area contributed by atoms with Gasteiger partial charge in [0.2, 0.25) is 0 Å². The second-order valence-electron chi connectivity index (χ2n) is 11.5. The van der Waals surface area contributed by atoms with E-state index in [9.17, 15) is 91.0 Å². The third kappa shape index (κ3) is 8.34. The zero-order valence-corrected chi connectivity index (χ0v) is 29.0. The fourth-order valence-electron chi connectivity index (χ4n) is 5.54.